The first-order valence-electron chi connectivity index (χ1n) is 10.8. The highest BCUT2D eigenvalue weighted by Crippen LogP contribution is 2.30. The summed E-state index contributed by atoms with van der Waals surface area (Å²) in [5.74, 6) is -0.180. The smallest absolute Gasteiger partial charge is 0.243 e. The molecular formula is C23H27N3O5S. The molecule has 2 heterocycles. The van der Waals surface area contributed by atoms with Gasteiger partial charge in [0.15, 0.2) is 0 Å². The van der Waals surface area contributed by atoms with Gasteiger partial charge in [0.1, 0.15) is 5.75 Å². The maximum absolute atomic E-state index is 13.3. The number of sulfonamides is 1. The Labute approximate surface area is 188 Å². The zero-order valence-electron chi connectivity index (χ0n) is 18.0. The van der Waals surface area contributed by atoms with Gasteiger partial charge in [-0.1, -0.05) is 12.1 Å². The molecular weight excluding hydrogens is 430 g/mol. The van der Waals surface area contributed by atoms with Crippen molar-refractivity contribution in [2.45, 2.75) is 37.0 Å². The van der Waals surface area contributed by atoms with E-state index in [0.717, 1.165) is 5.56 Å². The number of piperidine rings is 1. The monoisotopic (exact) mass is 457 g/mol. The van der Waals surface area contributed by atoms with Gasteiger partial charge in [-0.05, 0) is 61.6 Å². The molecule has 4 rings (SSSR count). The molecule has 2 amide bonds. The molecule has 2 aromatic rings. The molecule has 0 radical (unpaired) electrons. The Bertz CT molecular complexity index is 1130. The van der Waals surface area contributed by atoms with Gasteiger partial charge < -0.3 is 15.4 Å². The van der Waals surface area contributed by atoms with Crippen LogP contribution < -0.4 is 15.4 Å². The van der Waals surface area contributed by atoms with Gasteiger partial charge in [0.25, 0.3) is 0 Å². The van der Waals surface area contributed by atoms with Crippen molar-refractivity contribution in [2.75, 3.05) is 30.8 Å². The largest absolute Gasteiger partial charge is 0.495 e. The molecule has 1 fully saturated rings. The van der Waals surface area contributed by atoms with Crippen LogP contribution in [0.4, 0.5) is 11.4 Å². The van der Waals surface area contributed by atoms with Crippen LogP contribution in [0.25, 0.3) is 0 Å². The Balaban J connectivity index is 1.50. The van der Waals surface area contributed by atoms with E-state index >= 15 is 0 Å². The summed E-state index contributed by atoms with van der Waals surface area (Å²) >= 11 is 0. The third-order valence-corrected chi connectivity index (χ3v) is 7.82. The molecule has 2 aromatic carbocycles. The number of hydrogen-bond donors (Lipinski definition) is 2. The first kappa shape index (κ1) is 22.3. The number of nitrogens with zero attached hydrogens (tertiary/aromatic N) is 1. The van der Waals surface area contributed by atoms with E-state index in [-0.39, 0.29) is 23.3 Å². The zero-order valence-corrected chi connectivity index (χ0v) is 18.8. The molecule has 0 spiro atoms. The second-order valence-electron chi connectivity index (χ2n) is 8.11. The van der Waals surface area contributed by atoms with Crippen molar-refractivity contribution in [3.8, 4) is 5.75 Å². The van der Waals surface area contributed by atoms with Gasteiger partial charge >= 0.3 is 0 Å². The first-order valence-corrected chi connectivity index (χ1v) is 12.2. The topological polar surface area (TPSA) is 105 Å². The highest BCUT2D eigenvalue weighted by molar-refractivity contribution is 7.89. The summed E-state index contributed by atoms with van der Waals surface area (Å²) in [7, 11) is -2.22. The lowest BCUT2D eigenvalue weighted by Crippen LogP contribution is -2.43. The minimum absolute atomic E-state index is 0.0562. The number of fused-ring (bicyclic) bond motifs is 1. The molecule has 9 heteroatoms. The molecule has 1 atom stereocenters. The van der Waals surface area contributed by atoms with Crippen molar-refractivity contribution in [1.82, 2.24) is 4.31 Å². The SMILES string of the molecule is COc1ccccc1NC(=O)[C@H]1CCCN(S(=O)(=O)c2ccc3c(c2)CCCC(=O)N3)C1. The standard InChI is InChI=1S/C23H27N3O5S/c1-31-21-9-3-2-8-20(21)25-23(28)17-7-5-13-26(15-17)32(29,30)18-11-12-19-16(14-18)6-4-10-22(27)24-19/h2-3,8-9,11-12,14,17H,4-7,10,13,15H2,1H3,(H,24,27)(H,25,28)/t17-/m0/s1. The van der Waals surface area contributed by atoms with Crippen LogP contribution in [0, 0.1) is 5.92 Å². The van der Waals surface area contributed by atoms with Crippen molar-refractivity contribution in [1.29, 1.82) is 0 Å². The summed E-state index contributed by atoms with van der Waals surface area (Å²) in [5.41, 5.74) is 2.05. The highest BCUT2D eigenvalue weighted by Gasteiger charge is 2.34. The number of carbonyl (C=O) groups is 2. The van der Waals surface area contributed by atoms with Crippen LogP contribution in [0.1, 0.15) is 31.2 Å². The fourth-order valence-electron chi connectivity index (χ4n) is 4.22. The van der Waals surface area contributed by atoms with Gasteiger partial charge in [0.05, 0.1) is 23.6 Å². The molecule has 0 aliphatic carbocycles. The van der Waals surface area contributed by atoms with Crippen molar-refractivity contribution >= 4 is 33.2 Å². The van der Waals surface area contributed by atoms with E-state index in [9.17, 15) is 18.0 Å². The molecule has 170 valence electrons. The third kappa shape index (κ3) is 4.63. The predicted molar refractivity (Wildman–Crippen MR) is 121 cm³/mol. The maximum atomic E-state index is 13.3. The summed E-state index contributed by atoms with van der Waals surface area (Å²) < 4.78 is 33.3. The number of methoxy groups -OCH3 is 1. The van der Waals surface area contributed by atoms with Crippen molar-refractivity contribution in [2.24, 2.45) is 5.92 Å². The zero-order chi connectivity index (χ0) is 22.7. The molecule has 0 unspecified atom stereocenters. The van der Waals surface area contributed by atoms with Crippen molar-refractivity contribution < 1.29 is 22.7 Å². The number of rotatable bonds is 5. The van der Waals surface area contributed by atoms with Crippen molar-refractivity contribution in [3.05, 3.63) is 48.0 Å². The molecule has 2 aliphatic rings. The average molecular weight is 458 g/mol. The van der Waals surface area contributed by atoms with Crippen LogP contribution in [-0.4, -0.2) is 44.7 Å². The molecule has 2 N–H and O–H groups in total. The maximum Gasteiger partial charge on any atom is 0.243 e. The van der Waals surface area contributed by atoms with Gasteiger partial charge in [0.2, 0.25) is 21.8 Å². The van der Waals surface area contributed by atoms with Crippen LogP contribution in [0.5, 0.6) is 5.75 Å². The van der Waals surface area contributed by atoms with Gasteiger partial charge in [0, 0.05) is 25.2 Å². The van der Waals surface area contributed by atoms with Gasteiger partial charge in [-0.2, -0.15) is 4.31 Å². The fraction of sp³-hybridized carbons (Fsp3) is 0.391. The van der Waals surface area contributed by atoms with E-state index in [0.29, 0.717) is 55.8 Å². The van der Waals surface area contributed by atoms with E-state index in [2.05, 4.69) is 10.6 Å². The Morgan fingerprint density at radius 3 is 2.78 bits per heavy atom. The number of anilines is 2. The Kier molecular flexibility index (Phi) is 6.48. The van der Waals surface area contributed by atoms with Crippen LogP contribution >= 0.6 is 0 Å². The third-order valence-electron chi connectivity index (χ3n) is 5.96. The van der Waals surface area contributed by atoms with Crippen LogP contribution in [0.2, 0.25) is 0 Å². The second-order valence-corrected chi connectivity index (χ2v) is 10.1. The Hall–Kier alpha value is -2.91. The molecule has 8 nitrogen and oxygen atoms in total. The summed E-state index contributed by atoms with van der Waals surface area (Å²) in [6, 6.07) is 12.0. The Morgan fingerprint density at radius 2 is 1.97 bits per heavy atom. The van der Waals surface area contributed by atoms with Crippen molar-refractivity contribution in [3.63, 3.8) is 0 Å². The number of nitrogens with one attached hydrogen (secondary N) is 2. The van der Waals surface area contributed by atoms with Gasteiger partial charge in [-0.3, -0.25) is 9.59 Å². The number of benzene rings is 2. The minimum Gasteiger partial charge on any atom is -0.495 e. The molecule has 1 saturated heterocycles. The van der Waals surface area contributed by atoms with Crippen LogP contribution in [0.3, 0.4) is 0 Å². The molecule has 32 heavy (non-hydrogen) atoms. The van der Waals surface area contributed by atoms with E-state index < -0.39 is 15.9 Å². The lowest BCUT2D eigenvalue weighted by Gasteiger charge is -2.31. The summed E-state index contributed by atoms with van der Waals surface area (Å²) in [6.45, 7) is 0.492. The molecule has 0 aromatic heterocycles. The highest BCUT2D eigenvalue weighted by atomic mass is 32.2. The Morgan fingerprint density at radius 1 is 1.16 bits per heavy atom. The van der Waals surface area contributed by atoms with Crippen LogP contribution in [0.15, 0.2) is 47.4 Å². The molecule has 0 bridgehead atoms. The second kappa shape index (κ2) is 9.30. The van der Waals surface area contributed by atoms with E-state index in [4.69, 9.17) is 4.74 Å². The van der Waals surface area contributed by atoms with E-state index in [1.807, 2.05) is 6.07 Å². The summed E-state index contributed by atoms with van der Waals surface area (Å²) in [4.78, 5) is 24.8. The van der Waals surface area contributed by atoms with Gasteiger partial charge in [-0.15, -0.1) is 0 Å². The molecule has 0 saturated carbocycles. The van der Waals surface area contributed by atoms with Crippen LogP contribution in [-0.2, 0) is 26.0 Å². The number of hydrogen-bond acceptors (Lipinski definition) is 5. The minimum atomic E-state index is -3.76. The van der Waals surface area contributed by atoms with Gasteiger partial charge in [-0.25, -0.2) is 8.42 Å². The fourth-order valence-corrected chi connectivity index (χ4v) is 5.79. The number of aryl methyl sites for hydroxylation is 1. The number of ether oxygens (including phenoxy) is 1. The number of para-hydroxylation sites is 2. The number of carbonyl (C=O) groups excluding carboxylic acids is 2. The summed E-state index contributed by atoms with van der Waals surface area (Å²) in [5, 5.41) is 5.69. The average Bonchev–Trinajstić information content (AvgIpc) is 2.99. The lowest BCUT2D eigenvalue weighted by atomic mass is 9.98. The normalized spacial score (nSPS) is 19.4. The number of amides is 2. The quantitative estimate of drug-likeness (QED) is 0.718. The van der Waals surface area contributed by atoms with E-state index in [1.54, 1.807) is 30.3 Å². The predicted octanol–water partition coefficient (Wildman–Crippen LogP) is 3.01. The van der Waals surface area contributed by atoms with E-state index in [1.165, 1.54) is 17.5 Å². The molecule has 2 aliphatic heterocycles. The summed E-state index contributed by atoms with van der Waals surface area (Å²) in [6.07, 6.45) is 2.96. The first-order chi connectivity index (χ1) is 15.4. The lowest BCUT2D eigenvalue weighted by molar-refractivity contribution is -0.121.